The van der Waals surface area contributed by atoms with Gasteiger partial charge in [-0.05, 0) is 112 Å². The largest absolute Gasteiger partial charge is 0.455 e. The lowest BCUT2D eigenvalue weighted by Crippen LogP contribution is -1.91. The van der Waals surface area contributed by atoms with Crippen LogP contribution in [0.3, 0.4) is 0 Å². The molecule has 0 saturated heterocycles. The summed E-state index contributed by atoms with van der Waals surface area (Å²) in [7, 11) is 0. The summed E-state index contributed by atoms with van der Waals surface area (Å²) in [6, 6.07) is 80.4. The van der Waals surface area contributed by atoms with Crippen molar-refractivity contribution in [1.29, 1.82) is 0 Å². The van der Waals surface area contributed by atoms with E-state index in [4.69, 9.17) is 4.42 Å². The average Bonchev–Trinajstić information content (AvgIpc) is 3.94. The molecule has 0 aliphatic carbocycles. The Morgan fingerprint density at radius 3 is 1.44 bits per heavy atom. The second kappa shape index (κ2) is 13.7. The molecular weight excluding hydrogens is 793 g/mol. The molecule has 12 aromatic carbocycles. The van der Waals surface area contributed by atoms with Gasteiger partial charge in [0.05, 0.1) is 0 Å². The zero-order valence-electron chi connectivity index (χ0n) is 34.6. The Hall–Kier alpha value is -8.04. The molecule has 0 radical (unpaired) electrons. The van der Waals surface area contributed by atoms with E-state index in [0.29, 0.717) is 0 Å². The maximum atomic E-state index is 6.58. The molecule has 0 spiro atoms. The first-order chi connectivity index (χ1) is 31.8. The highest BCUT2D eigenvalue weighted by atomic mass is 32.1. The van der Waals surface area contributed by atoms with Crippen LogP contribution in [0.1, 0.15) is 0 Å². The first-order valence-electron chi connectivity index (χ1n) is 22.0. The summed E-state index contributed by atoms with van der Waals surface area (Å²) in [6.45, 7) is 0. The standard InChI is InChI=1S/C62H36OS/c1-2-17-38(18-3-1)56-41-20-6-12-26-47(41)59(48-27-13-7-21-42(48)56)51-29-14-30-52-60-50(28-15-31-55(60)64-62(51)52)58-45-24-10-8-22-43(45)57(44-23-9-11-25-46(44)58)39-33-35-54-53(36-39)49-34-32-37-16-4-5-19-40(37)61(49)63-54/h1-36H. The molecule has 64 heavy (non-hydrogen) atoms. The zero-order chi connectivity index (χ0) is 41.9. The Morgan fingerprint density at radius 1 is 0.297 bits per heavy atom. The Kier molecular flexibility index (Phi) is 7.63. The lowest BCUT2D eigenvalue weighted by Gasteiger charge is -2.19. The van der Waals surface area contributed by atoms with Gasteiger partial charge in [-0.1, -0.05) is 194 Å². The van der Waals surface area contributed by atoms with Crippen molar-refractivity contribution in [2.45, 2.75) is 0 Å². The quantitative estimate of drug-likeness (QED) is 0.161. The second-order valence-electron chi connectivity index (χ2n) is 17.0. The third kappa shape index (κ3) is 5.06. The highest BCUT2D eigenvalue weighted by Gasteiger charge is 2.23. The SMILES string of the molecule is c1ccc(-c2c3ccccc3c(-c3cccc4c3sc3cccc(-c5c6ccccc6c(-c6ccc7oc8c9ccccc9ccc8c7c6)c6ccccc56)c34)c3ccccc23)cc1. The minimum atomic E-state index is 0.906. The van der Waals surface area contributed by atoms with Gasteiger partial charge >= 0.3 is 0 Å². The van der Waals surface area contributed by atoms with Crippen molar-refractivity contribution in [2.75, 3.05) is 0 Å². The number of hydrogen-bond acceptors (Lipinski definition) is 2. The van der Waals surface area contributed by atoms with E-state index in [2.05, 4.69) is 218 Å². The fraction of sp³-hybridized carbons (Fsp3) is 0. The van der Waals surface area contributed by atoms with Gasteiger partial charge in [-0.15, -0.1) is 11.3 Å². The van der Waals surface area contributed by atoms with E-state index in [-0.39, 0.29) is 0 Å². The van der Waals surface area contributed by atoms with Crippen LogP contribution in [-0.2, 0) is 0 Å². The predicted octanol–water partition coefficient (Wildman–Crippen LogP) is 18.4. The zero-order valence-corrected chi connectivity index (χ0v) is 35.4. The summed E-state index contributed by atoms with van der Waals surface area (Å²) in [4.78, 5) is 0. The number of rotatable bonds is 4. The molecule has 2 heterocycles. The monoisotopic (exact) mass is 828 g/mol. The van der Waals surface area contributed by atoms with Crippen LogP contribution in [0.2, 0.25) is 0 Å². The van der Waals surface area contributed by atoms with Crippen LogP contribution in [0.25, 0.3) is 140 Å². The number of benzene rings is 12. The Labute approximate surface area is 372 Å². The minimum absolute atomic E-state index is 0.906. The molecule has 296 valence electrons. The third-order valence-electron chi connectivity index (χ3n) is 13.6. The third-order valence-corrected chi connectivity index (χ3v) is 14.8. The highest BCUT2D eigenvalue weighted by molar-refractivity contribution is 7.26. The topological polar surface area (TPSA) is 13.1 Å². The van der Waals surface area contributed by atoms with E-state index in [1.807, 2.05) is 11.3 Å². The van der Waals surface area contributed by atoms with Gasteiger partial charge in [0.2, 0.25) is 0 Å². The van der Waals surface area contributed by atoms with E-state index in [0.717, 1.165) is 27.3 Å². The van der Waals surface area contributed by atoms with E-state index in [1.54, 1.807) is 0 Å². The molecule has 0 aliphatic heterocycles. The van der Waals surface area contributed by atoms with Gasteiger partial charge in [-0.25, -0.2) is 0 Å². The van der Waals surface area contributed by atoms with Crippen molar-refractivity contribution in [3.05, 3.63) is 218 Å². The summed E-state index contributed by atoms with van der Waals surface area (Å²) < 4.78 is 9.18. The van der Waals surface area contributed by atoms with E-state index >= 15 is 0 Å². The van der Waals surface area contributed by atoms with Crippen molar-refractivity contribution in [2.24, 2.45) is 0 Å². The van der Waals surface area contributed by atoms with Crippen molar-refractivity contribution in [1.82, 2.24) is 0 Å². The second-order valence-corrected chi connectivity index (χ2v) is 18.0. The average molecular weight is 829 g/mol. The number of hydrogen-bond donors (Lipinski definition) is 0. The fourth-order valence-corrected chi connectivity index (χ4v) is 12.2. The highest BCUT2D eigenvalue weighted by Crippen LogP contribution is 2.52. The summed E-state index contributed by atoms with van der Waals surface area (Å²) in [5.74, 6) is 0. The maximum absolute atomic E-state index is 6.58. The van der Waals surface area contributed by atoms with Gasteiger partial charge in [0.25, 0.3) is 0 Å². The van der Waals surface area contributed by atoms with E-state index < -0.39 is 0 Å². The van der Waals surface area contributed by atoms with Crippen molar-refractivity contribution in [3.8, 4) is 44.5 Å². The molecule has 0 unspecified atom stereocenters. The lowest BCUT2D eigenvalue weighted by atomic mass is 9.84. The summed E-state index contributed by atoms with van der Waals surface area (Å²) in [5, 5.41) is 17.3. The van der Waals surface area contributed by atoms with Crippen LogP contribution in [0, 0.1) is 0 Å². The molecular formula is C62H36OS. The van der Waals surface area contributed by atoms with Crippen LogP contribution >= 0.6 is 11.3 Å². The van der Waals surface area contributed by atoms with E-state index in [1.165, 1.54) is 113 Å². The molecule has 0 atom stereocenters. The molecule has 2 aromatic heterocycles. The van der Waals surface area contributed by atoms with Crippen LogP contribution < -0.4 is 0 Å². The van der Waals surface area contributed by atoms with Gasteiger partial charge < -0.3 is 4.42 Å². The molecule has 0 aliphatic rings. The summed E-state index contributed by atoms with van der Waals surface area (Å²) >= 11 is 1.91. The molecule has 1 nitrogen and oxygen atoms in total. The van der Waals surface area contributed by atoms with Gasteiger partial charge in [0.15, 0.2) is 0 Å². The Morgan fingerprint density at radius 2 is 0.797 bits per heavy atom. The molecule has 0 saturated carbocycles. The fourth-order valence-electron chi connectivity index (χ4n) is 11.0. The first kappa shape index (κ1) is 35.5. The van der Waals surface area contributed by atoms with Crippen LogP contribution in [0.5, 0.6) is 0 Å². The molecule has 2 heteroatoms. The first-order valence-corrected chi connectivity index (χ1v) is 22.8. The Bertz CT molecular complexity index is 4130. The van der Waals surface area contributed by atoms with Gasteiger partial charge in [0.1, 0.15) is 11.2 Å². The lowest BCUT2D eigenvalue weighted by molar-refractivity contribution is 0.672. The molecule has 0 bridgehead atoms. The smallest absolute Gasteiger partial charge is 0.143 e. The van der Waals surface area contributed by atoms with Gasteiger partial charge in [-0.3, -0.25) is 0 Å². The number of fused-ring (bicyclic) bond motifs is 12. The van der Waals surface area contributed by atoms with Gasteiger partial charge in [0, 0.05) is 41.9 Å². The predicted molar refractivity (Wildman–Crippen MR) is 276 cm³/mol. The summed E-state index contributed by atoms with van der Waals surface area (Å²) in [6.07, 6.45) is 0. The normalized spacial score (nSPS) is 12.1. The molecule has 14 rings (SSSR count). The van der Waals surface area contributed by atoms with Crippen LogP contribution in [0.15, 0.2) is 223 Å². The Balaban J connectivity index is 1.03. The molecule has 0 amide bonds. The van der Waals surface area contributed by atoms with Crippen molar-refractivity contribution in [3.63, 3.8) is 0 Å². The van der Waals surface area contributed by atoms with Crippen molar-refractivity contribution >= 4 is 107 Å². The number of thiophene rings is 1. The minimum Gasteiger partial charge on any atom is -0.455 e. The van der Waals surface area contributed by atoms with Crippen LogP contribution in [-0.4, -0.2) is 0 Å². The molecule has 0 fully saturated rings. The summed E-state index contributed by atoms with van der Waals surface area (Å²) in [5.41, 5.74) is 11.9. The van der Waals surface area contributed by atoms with Crippen LogP contribution in [0.4, 0.5) is 0 Å². The van der Waals surface area contributed by atoms with E-state index in [9.17, 15) is 0 Å². The van der Waals surface area contributed by atoms with Gasteiger partial charge in [-0.2, -0.15) is 0 Å². The number of furan rings is 1. The maximum Gasteiger partial charge on any atom is 0.143 e. The van der Waals surface area contributed by atoms with Crippen molar-refractivity contribution < 1.29 is 4.42 Å². The molecule has 0 N–H and O–H groups in total. The molecule has 14 aromatic rings.